The first-order valence-corrected chi connectivity index (χ1v) is 11.4. The second kappa shape index (κ2) is 10.1. The number of methoxy groups -OCH3 is 1. The minimum atomic E-state index is -0.332. The number of amides is 1. The highest BCUT2D eigenvalue weighted by Crippen LogP contribution is 2.33. The molecule has 0 radical (unpaired) electrons. The predicted molar refractivity (Wildman–Crippen MR) is 135 cm³/mol. The molecule has 1 aliphatic heterocycles. The molecule has 7 nitrogen and oxygen atoms in total. The van der Waals surface area contributed by atoms with E-state index in [1.807, 2.05) is 36.5 Å². The standard InChI is InChI=1S/C27H22ClN3O4/c1-33-11-12-34-21-7-4-17(5-8-21)19-13-18-14-24(31-26(18)29-16-19)22-15-20(6-9-23(22)28)30-27(32)25-3-2-10-35-25/h2-10,13,15-16H,11-12,14H2,1H3,(H,30,32). The number of anilines is 1. The average molecular weight is 488 g/mol. The van der Waals surface area contributed by atoms with Crippen LogP contribution in [0.1, 0.15) is 21.7 Å². The third-order valence-electron chi connectivity index (χ3n) is 5.57. The Labute approximate surface area is 207 Å². The van der Waals surface area contributed by atoms with Gasteiger partial charge in [0, 0.05) is 47.1 Å². The van der Waals surface area contributed by atoms with Crippen molar-refractivity contribution < 1.29 is 18.7 Å². The van der Waals surface area contributed by atoms with Crippen LogP contribution in [0.3, 0.4) is 0 Å². The van der Waals surface area contributed by atoms with E-state index in [1.54, 1.807) is 31.4 Å². The lowest BCUT2D eigenvalue weighted by Gasteiger charge is -2.09. The monoisotopic (exact) mass is 487 g/mol. The van der Waals surface area contributed by atoms with Gasteiger partial charge in [0.15, 0.2) is 11.6 Å². The van der Waals surface area contributed by atoms with Crippen LogP contribution in [-0.2, 0) is 11.2 Å². The molecule has 0 saturated heterocycles. The number of furan rings is 1. The Morgan fingerprint density at radius 3 is 2.71 bits per heavy atom. The van der Waals surface area contributed by atoms with Gasteiger partial charge in [-0.25, -0.2) is 9.98 Å². The number of hydrogen-bond acceptors (Lipinski definition) is 6. The SMILES string of the molecule is COCCOc1ccc(-c2cnc3c(c2)CC(c2cc(NC(=O)c4ccco4)ccc2Cl)=N3)cc1. The summed E-state index contributed by atoms with van der Waals surface area (Å²) in [4.78, 5) is 21.6. The zero-order valence-corrected chi connectivity index (χ0v) is 19.7. The van der Waals surface area contributed by atoms with Gasteiger partial charge in [0.05, 0.1) is 18.6 Å². The lowest BCUT2D eigenvalue weighted by molar-refractivity contribution is 0.0996. The number of halogens is 1. The molecule has 176 valence electrons. The van der Waals surface area contributed by atoms with Crippen LogP contribution in [0.4, 0.5) is 11.5 Å². The summed E-state index contributed by atoms with van der Waals surface area (Å²) < 4.78 is 15.8. The number of aromatic nitrogens is 1. The minimum absolute atomic E-state index is 0.235. The van der Waals surface area contributed by atoms with Gasteiger partial charge in [-0.1, -0.05) is 23.7 Å². The first kappa shape index (κ1) is 22.8. The van der Waals surface area contributed by atoms with E-state index in [0.29, 0.717) is 36.2 Å². The first-order valence-electron chi connectivity index (χ1n) is 11.0. The van der Waals surface area contributed by atoms with E-state index in [9.17, 15) is 4.79 Å². The van der Waals surface area contributed by atoms with Gasteiger partial charge in [-0.05, 0) is 54.1 Å². The number of fused-ring (bicyclic) bond motifs is 1. The van der Waals surface area contributed by atoms with Gasteiger partial charge in [-0.3, -0.25) is 4.79 Å². The van der Waals surface area contributed by atoms with Crippen LogP contribution in [0.5, 0.6) is 5.75 Å². The number of benzene rings is 2. The van der Waals surface area contributed by atoms with Crippen molar-refractivity contribution in [3.05, 3.63) is 95.0 Å². The molecule has 35 heavy (non-hydrogen) atoms. The Bertz CT molecular complexity index is 1380. The molecule has 8 heteroatoms. The summed E-state index contributed by atoms with van der Waals surface area (Å²) in [7, 11) is 1.65. The fourth-order valence-corrected chi connectivity index (χ4v) is 4.03. The molecule has 0 bridgehead atoms. The summed E-state index contributed by atoms with van der Waals surface area (Å²) in [6.45, 7) is 1.05. The van der Waals surface area contributed by atoms with Crippen molar-refractivity contribution in [3.63, 3.8) is 0 Å². The van der Waals surface area contributed by atoms with Crippen molar-refractivity contribution in [2.24, 2.45) is 4.99 Å². The zero-order chi connectivity index (χ0) is 24.2. The largest absolute Gasteiger partial charge is 0.491 e. The number of nitrogens with one attached hydrogen (secondary N) is 1. The second-order valence-corrected chi connectivity index (χ2v) is 8.34. The lowest BCUT2D eigenvalue weighted by atomic mass is 10.0. The zero-order valence-electron chi connectivity index (χ0n) is 19.0. The predicted octanol–water partition coefficient (Wildman–Crippen LogP) is 5.95. The molecule has 2 aromatic carbocycles. The molecule has 0 atom stereocenters. The van der Waals surface area contributed by atoms with Crippen LogP contribution >= 0.6 is 11.6 Å². The average Bonchev–Trinajstić information content (AvgIpc) is 3.56. The van der Waals surface area contributed by atoms with Gasteiger partial charge in [0.2, 0.25) is 0 Å². The molecule has 4 aromatic rings. The van der Waals surface area contributed by atoms with Crippen molar-refractivity contribution in [1.82, 2.24) is 4.98 Å². The number of aliphatic imine (C=N–C) groups is 1. The normalized spacial score (nSPS) is 12.2. The topological polar surface area (TPSA) is 86.0 Å². The van der Waals surface area contributed by atoms with Crippen LogP contribution in [0, 0.1) is 0 Å². The number of hydrogen-bond donors (Lipinski definition) is 1. The number of rotatable bonds is 8. The molecular weight excluding hydrogens is 466 g/mol. The number of carbonyl (C=O) groups excluding carboxylic acids is 1. The van der Waals surface area contributed by atoms with E-state index in [-0.39, 0.29) is 11.7 Å². The Balaban J connectivity index is 1.32. The third-order valence-corrected chi connectivity index (χ3v) is 5.90. The van der Waals surface area contributed by atoms with Gasteiger partial charge < -0.3 is 19.2 Å². The molecular formula is C27H22ClN3O4. The fourth-order valence-electron chi connectivity index (χ4n) is 3.81. The van der Waals surface area contributed by atoms with E-state index < -0.39 is 0 Å². The van der Waals surface area contributed by atoms with Gasteiger partial charge in [-0.15, -0.1) is 0 Å². The van der Waals surface area contributed by atoms with Crippen molar-refractivity contribution in [2.45, 2.75) is 6.42 Å². The van der Waals surface area contributed by atoms with Gasteiger partial charge in [-0.2, -0.15) is 0 Å². The number of ether oxygens (including phenoxy) is 2. The highest BCUT2D eigenvalue weighted by atomic mass is 35.5. The maximum absolute atomic E-state index is 12.3. The smallest absolute Gasteiger partial charge is 0.291 e. The van der Waals surface area contributed by atoms with E-state index in [0.717, 1.165) is 33.7 Å². The van der Waals surface area contributed by atoms with Crippen LogP contribution < -0.4 is 10.1 Å². The molecule has 5 rings (SSSR count). The number of carbonyl (C=O) groups is 1. The third kappa shape index (κ3) is 5.11. The fraction of sp³-hybridized carbons (Fsp3) is 0.148. The van der Waals surface area contributed by atoms with E-state index in [2.05, 4.69) is 16.4 Å². The number of nitrogens with zero attached hydrogens (tertiary/aromatic N) is 2. The van der Waals surface area contributed by atoms with Crippen molar-refractivity contribution >= 4 is 34.7 Å². The molecule has 0 unspecified atom stereocenters. The highest BCUT2D eigenvalue weighted by molar-refractivity contribution is 6.34. The lowest BCUT2D eigenvalue weighted by Crippen LogP contribution is -2.11. The van der Waals surface area contributed by atoms with Crippen LogP contribution in [-0.4, -0.2) is 36.9 Å². The van der Waals surface area contributed by atoms with Gasteiger partial charge >= 0.3 is 0 Å². The molecule has 0 spiro atoms. The first-order chi connectivity index (χ1) is 17.1. The summed E-state index contributed by atoms with van der Waals surface area (Å²) in [5.74, 6) is 1.36. The Morgan fingerprint density at radius 1 is 1.09 bits per heavy atom. The van der Waals surface area contributed by atoms with Gasteiger partial charge in [0.25, 0.3) is 5.91 Å². The summed E-state index contributed by atoms with van der Waals surface area (Å²) in [6, 6.07) is 18.5. The summed E-state index contributed by atoms with van der Waals surface area (Å²) >= 11 is 6.49. The van der Waals surface area contributed by atoms with Crippen molar-refractivity contribution in [1.29, 1.82) is 0 Å². The minimum Gasteiger partial charge on any atom is -0.491 e. The number of pyridine rings is 1. The quantitative estimate of drug-likeness (QED) is 0.310. The summed E-state index contributed by atoms with van der Waals surface area (Å²) in [5.41, 5.74) is 5.19. The highest BCUT2D eigenvalue weighted by Gasteiger charge is 2.21. The maximum Gasteiger partial charge on any atom is 0.291 e. The van der Waals surface area contributed by atoms with E-state index in [1.165, 1.54) is 6.26 Å². The summed E-state index contributed by atoms with van der Waals surface area (Å²) in [5, 5.41) is 3.38. The molecule has 0 saturated carbocycles. The Morgan fingerprint density at radius 2 is 1.94 bits per heavy atom. The van der Waals surface area contributed by atoms with Gasteiger partial charge in [0.1, 0.15) is 12.4 Å². The Kier molecular flexibility index (Phi) is 6.61. The molecule has 1 amide bonds. The van der Waals surface area contributed by atoms with E-state index >= 15 is 0 Å². The van der Waals surface area contributed by atoms with Crippen molar-refractivity contribution in [3.8, 4) is 16.9 Å². The summed E-state index contributed by atoms with van der Waals surface area (Å²) in [6.07, 6.45) is 3.86. The van der Waals surface area contributed by atoms with Crippen molar-refractivity contribution in [2.75, 3.05) is 25.6 Å². The maximum atomic E-state index is 12.3. The second-order valence-electron chi connectivity index (χ2n) is 7.93. The molecule has 2 aromatic heterocycles. The molecule has 1 N–H and O–H groups in total. The molecule has 3 heterocycles. The van der Waals surface area contributed by atoms with E-state index in [4.69, 9.17) is 30.5 Å². The molecule has 1 aliphatic rings. The molecule has 0 fully saturated rings. The Hall–Kier alpha value is -3.94. The van der Waals surface area contributed by atoms with Crippen LogP contribution in [0.2, 0.25) is 5.02 Å². The van der Waals surface area contributed by atoms with Crippen LogP contribution in [0.25, 0.3) is 11.1 Å². The van der Waals surface area contributed by atoms with Crippen LogP contribution in [0.15, 0.2) is 82.5 Å². The molecule has 0 aliphatic carbocycles.